The van der Waals surface area contributed by atoms with E-state index in [0.29, 0.717) is 60.5 Å². The van der Waals surface area contributed by atoms with E-state index in [0.717, 1.165) is 17.4 Å². The Morgan fingerprint density at radius 3 is 2.97 bits per heavy atom. The number of nitrogens with one attached hydrogen (secondary N) is 3. The van der Waals surface area contributed by atoms with Gasteiger partial charge in [-0.05, 0) is 37.1 Å². The maximum Gasteiger partial charge on any atom is 0.257 e. The molecule has 0 unspecified atom stereocenters. The van der Waals surface area contributed by atoms with Gasteiger partial charge in [0, 0.05) is 25.2 Å². The predicted molar refractivity (Wildman–Crippen MR) is 121 cm³/mol. The van der Waals surface area contributed by atoms with Crippen LogP contribution in [0.15, 0.2) is 30.6 Å². The molecule has 6 heterocycles. The second kappa shape index (κ2) is 7.55. The molecule has 4 bridgehead atoms. The summed E-state index contributed by atoms with van der Waals surface area (Å²) >= 11 is 0. The van der Waals surface area contributed by atoms with Gasteiger partial charge in [-0.15, -0.1) is 0 Å². The Morgan fingerprint density at radius 1 is 1.21 bits per heavy atom. The second-order valence-electron chi connectivity index (χ2n) is 8.38. The highest BCUT2D eigenvalue weighted by Crippen LogP contribution is 2.29. The van der Waals surface area contributed by atoms with Crippen LogP contribution in [-0.4, -0.2) is 55.6 Å². The van der Waals surface area contributed by atoms with Crippen LogP contribution in [-0.2, 0) is 16.1 Å². The summed E-state index contributed by atoms with van der Waals surface area (Å²) in [6.45, 7) is 3.17. The minimum absolute atomic E-state index is 0.0636. The van der Waals surface area contributed by atoms with Gasteiger partial charge in [-0.1, -0.05) is 0 Å². The number of rotatable bonds is 1. The van der Waals surface area contributed by atoms with Gasteiger partial charge in [-0.25, -0.2) is 9.97 Å². The highest BCUT2D eigenvalue weighted by molar-refractivity contribution is 6.02. The Labute approximate surface area is 188 Å². The fraction of sp³-hybridized carbons (Fsp3) is 0.318. The van der Waals surface area contributed by atoms with E-state index in [-0.39, 0.29) is 17.9 Å². The van der Waals surface area contributed by atoms with Gasteiger partial charge in [0.25, 0.3) is 5.91 Å². The van der Waals surface area contributed by atoms with Gasteiger partial charge in [0.1, 0.15) is 28.7 Å². The van der Waals surface area contributed by atoms with Crippen LogP contribution in [0.1, 0.15) is 35.7 Å². The van der Waals surface area contributed by atoms with E-state index >= 15 is 0 Å². The molecule has 0 radical (unpaired) electrons. The molecule has 3 N–H and O–H groups in total. The van der Waals surface area contributed by atoms with Gasteiger partial charge in [0.05, 0.1) is 24.8 Å². The highest BCUT2D eigenvalue weighted by Gasteiger charge is 2.25. The van der Waals surface area contributed by atoms with Crippen molar-refractivity contribution in [2.24, 2.45) is 0 Å². The van der Waals surface area contributed by atoms with Gasteiger partial charge in [0.2, 0.25) is 5.91 Å². The lowest BCUT2D eigenvalue weighted by atomic mass is 10.2. The number of aromatic nitrogens is 5. The standard InChI is InChI=1S/C22H22N8O3/c1-12-10-33-11-13-7-16(26-17(8-13)29-6-2-3-18(29)31)27-19-14-4-5-23-20(14)30-21(28-19)15(9-24-30)22(32)25-12/h4-5,7-9,12,23H,2-3,6,10-11H2,1H3,(H,25,32)(H,26,27,28)/t12-/m1/s1. The number of ether oxygens (including phenoxy) is 1. The summed E-state index contributed by atoms with van der Waals surface area (Å²) in [5.41, 5.74) is 2.36. The van der Waals surface area contributed by atoms with E-state index in [4.69, 9.17) is 14.7 Å². The molecule has 2 aliphatic heterocycles. The third-order valence-electron chi connectivity index (χ3n) is 5.88. The summed E-state index contributed by atoms with van der Waals surface area (Å²) in [7, 11) is 0. The van der Waals surface area contributed by atoms with Gasteiger partial charge >= 0.3 is 0 Å². The molecule has 0 saturated carbocycles. The molecule has 1 atom stereocenters. The van der Waals surface area contributed by atoms with Crippen molar-refractivity contribution in [2.75, 3.05) is 23.4 Å². The second-order valence-corrected chi connectivity index (χ2v) is 8.38. The highest BCUT2D eigenvalue weighted by atomic mass is 16.5. The molecule has 4 aromatic heterocycles. The zero-order chi connectivity index (χ0) is 22.5. The molecule has 0 aromatic carbocycles. The quantitative estimate of drug-likeness (QED) is 0.408. The summed E-state index contributed by atoms with van der Waals surface area (Å²) in [4.78, 5) is 39.6. The summed E-state index contributed by atoms with van der Waals surface area (Å²) in [6.07, 6.45) is 4.64. The monoisotopic (exact) mass is 446 g/mol. The number of anilines is 3. The first-order chi connectivity index (χ1) is 16.1. The number of nitrogens with zero attached hydrogens (tertiary/aromatic N) is 5. The van der Waals surface area contributed by atoms with Gasteiger partial charge in [-0.3, -0.25) is 14.5 Å². The number of hydrogen-bond donors (Lipinski definition) is 3. The number of hydrogen-bond acceptors (Lipinski definition) is 7. The molecular weight excluding hydrogens is 424 g/mol. The van der Waals surface area contributed by atoms with Crippen molar-refractivity contribution in [3.63, 3.8) is 0 Å². The Bertz CT molecular complexity index is 1410. The first-order valence-electron chi connectivity index (χ1n) is 10.9. The topological polar surface area (TPSA) is 130 Å². The van der Waals surface area contributed by atoms with Gasteiger partial charge < -0.3 is 20.4 Å². The molecule has 0 aliphatic carbocycles. The van der Waals surface area contributed by atoms with E-state index in [1.807, 2.05) is 25.1 Å². The molecule has 0 spiro atoms. The minimum Gasteiger partial charge on any atom is -0.375 e. The molecule has 2 aliphatic rings. The van der Waals surface area contributed by atoms with Crippen LogP contribution >= 0.6 is 0 Å². The number of fused-ring (bicyclic) bond motifs is 6. The van der Waals surface area contributed by atoms with Crippen LogP contribution < -0.4 is 15.5 Å². The Hall–Kier alpha value is -3.99. The first-order valence-corrected chi connectivity index (χ1v) is 10.9. The van der Waals surface area contributed by atoms with E-state index < -0.39 is 0 Å². The SMILES string of the molecule is C[C@@H]1COCc2cc(nc(N3CCCC3=O)c2)Nc2nc3c(cnn3c3[nH]ccc23)C(=O)N1. The maximum absolute atomic E-state index is 12.9. The van der Waals surface area contributed by atoms with E-state index in [9.17, 15) is 9.59 Å². The average molecular weight is 446 g/mol. The fourth-order valence-corrected chi connectivity index (χ4v) is 4.33. The third-order valence-corrected chi connectivity index (χ3v) is 5.88. The number of H-pyrrole nitrogens is 1. The molecule has 2 amide bonds. The van der Waals surface area contributed by atoms with Crippen molar-refractivity contribution in [1.82, 2.24) is 29.9 Å². The van der Waals surface area contributed by atoms with Gasteiger partial charge in [-0.2, -0.15) is 9.61 Å². The van der Waals surface area contributed by atoms with Crippen molar-refractivity contribution in [3.8, 4) is 0 Å². The van der Waals surface area contributed by atoms with Crippen LogP contribution in [0.5, 0.6) is 0 Å². The number of amides is 2. The lowest BCUT2D eigenvalue weighted by molar-refractivity contribution is -0.117. The van der Waals surface area contributed by atoms with Crippen LogP contribution in [0.25, 0.3) is 16.7 Å². The summed E-state index contributed by atoms with van der Waals surface area (Å²) in [5.74, 6) is 1.46. The molecule has 168 valence electrons. The van der Waals surface area contributed by atoms with Crippen LogP contribution in [0.3, 0.4) is 0 Å². The van der Waals surface area contributed by atoms with Crippen LogP contribution in [0, 0.1) is 0 Å². The predicted octanol–water partition coefficient (Wildman–Crippen LogP) is 2.12. The number of carbonyl (C=O) groups is 2. The van der Waals surface area contributed by atoms with Crippen LogP contribution in [0.4, 0.5) is 17.5 Å². The van der Waals surface area contributed by atoms with Crippen LogP contribution in [0.2, 0.25) is 0 Å². The largest absolute Gasteiger partial charge is 0.375 e. The molecular formula is C22H22N8O3. The zero-order valence-electron chi connectivity index (χ0n) is 18.0. The maximum atomic E-state index is 12.9. The van der Waals surface area contributed by atoms with E-state index in [1.165, 1.54) is 6.20 Å². The van der Waals surface area contributed by atoms with Gasteiger partial charge in [0.15, 0.2) is 5.65 Å². The molecule has 1 fully saturated rings. The molecule has 6 rings (SSSR count). The summed E-state index contributed by atoms with van der Waals surface area (Å²) in [6, 6.07) is 5.43. The molecule has 4 aromatic rings. The smallest absolute Gasteiger partial charge is 0.257 e. The van der Waals surface area contributed by atoms with E-state index in [2.05, 4.69) is 20.7 Å². The van der Waals surface area contributed by atoms with Crippen molar-refractivity contribution >= 4 is 45.9 Å². The lowest BCUT2D eigenvalue weighted by Gasteiger charge is -2.19. The number of aromatic amines is 1. The van der Waals surface area contributed by atoms with Crippen molar-refractivity contribution in [2.45, 2.75) is 32.4 Å². The summed E-state index contributed by atoms with van der Waals surface area (Å²) < 4.78 is 7.48. The normalized spacial score (nSPS) is 19.2. The fourth-order valence-electron chi connectivity index (χ4n) is 4.33. The minimum atomic E-state index is -0.269. The Morgan fingerprint density at radius 2 is 2.12 bits per heavy atom. The average Bonchev–Trinajstić information content (AvgIpc) is 3.52. The molecule has 1 saturated heterocycles. The number of pyridine rings is 1. The Balaban J connectivity index is 1.53. The lowest BCUT2D eigenvalue weighted by Crippen LogP contribution is -2.36. The summed E-state index contributed by atoms with van der Waals surface area (Å²) in [5, 5.41) is 11.4. The Kier molecular flexibility index (Phi) is 4.50. The molecule has 11 heteroatoms. The molecule has 11 nitrogen and oxygen atoms in total. The molecule has 33 heavy (non-hydrogen) atoms. The van der Waals surface area contributed by atoms with E-state index in [1.54, 1.807) is 15.6 Å². The first kappa shape index (κ1) is 19.7. The third kappa shape index (κ3) is 3.37. The zero-order valence-corrected chi connectivity index (χ0v) is 18.0. The van der Waals surface area contributed by atoms with Crippen molar-refractivity contribution < 1.29 is 14.3 Å². The van der Waals surface area contributed by atoms with Crippen molar-refractivity contribution in [1.29, 1.82) is 0 Å². The number of carbonyl (C=O) groups excluding carboxylic acids is 2. The van der Waals surface area contributed by atoms with Crippen molar-refractivity contribution in [3.05, 3.63) is 41.7 Å².